The van der Waals surface area contributed by atoms with Crippen molar-refractivity contribution in [1.82, 2.24) is 0 Å². The number of benzene rings is 1. The van der Waals surface area contributed by atoms with Crippen molar-refractivity contribution in [3.05, 3.63) is 34.3 Å². The van der Waals surface area contributed by atoms with Gasteiger partial charge in [0.15, 0.2) is 0 Å². The molecule has 1 N–H and O–H groups in total. The van der Waals surface area contributed by atoms with Crippen molar-refractivity contribution in [3.8, 4) is 0 Å². The number of halogens is 1. The number of anilines is 1. The lowest BCUT2D eigenvalue weighted by Gasteiger charge is -2.34. The summed E-state index contributed by atoms with van der Waals surface area (Å²) in [4.78, 5) is 13.0. The van der Waals surface area contributed by atoms with Crippen molar-refractivity contribution >= 4 is 33.7 Å². The summed E-state index contributed by atoms with van der Waals surface area (Å²) in [6.07, 6.45) is 5.32. The van der Waals surface area contributed by atoms with Crippen LogP contribution in [0.1, 0.15) is 25.3 Å². The van der Waals surface area contributed by atoms with Gasteiger partial charge in [0.25, 0.3) is 0 Å². The molecule has 1 aliphatic heterocycles. The number of carbonyl (C=O) groups is 1. The molecule has 1 aromatic carbocycles. The maximum Gasteiger partial charge on any atom is 0.328 e. The lowest BCUT2D eigenvalue weighted by atomic mass is 9.99. The minimum Gasteiger partial charge on any atom is -0.478 e. The molecule has 19 heavy (non-hydrogen) atoms. The highest BCUT2D eigenvalue weighted by Crippen LogP contribution is 2.30. The van der Waals surface area contributed by atoms with Crippen LogP contribution in [0.25, 0.3) is 6.08 Å². The monoisotopic (exact) mass is 323 g/mol. The number of hydrogen-bond donors (Lipinski definition) is 1. The second-order valence-corrected chi connectivity index (χ2v) is 5.98. The Kier molecular flexibility index (Phi) is 4.64. The van der Waals surface area contributed by atoms with Gasteiger partial charge in [0, 0.05) is 29.3 Å². The molecular formula is C15H18BrNO2. The molecule has 0 aromatic heterocycles. The third kappa shape index (κ3) is 3.83. The van der Waals surface area contributed by atoms with Crippen molar-refractivity contribution < 1.29 is 9.90 Å². The molecule has 1 aromatic rings. The average Bonchev–Trinajstić information content (AvgIpc) is 2.37. The Hall–Kier alpha value is -1.29. The van der Waals surface area contributed by atoms with Crippen LogP contribution in [0.15, 0.2) is 28.7 Å². The Balaban J connectivity index is 2.31. The van der Waals surface area contributed by atoms with Gasteiger partial charge in [-0.3, -0.25) is 0 Å². The number of hydrogen-bond acceptors (Lipinski definition) is 2. The molecule has 0 radical (unpaired) electrons. The standard InChI is InChI=1S/C15H18BrNO2/c1-11-3-2-8-17(10-11)14-9-13(16)6-4-12(14)5-7-15(18)19/h4-7,9,11H,2-3,8,10H2,1H3,(H,18,19)/b7-5+. The molecule has 1 unspecified atom stereocenters. The third-order valence-corrected chi connectivity index (χ3v) is 3.89. The first-order valence-corrected chi connectivity index (χ1v) is 7.31. The van der Waals surface area contributed by atoms with E-state index in [0.29, 0.717) is 5.92 Å². The summed E-state index contributed by atoms with van der Waals surface area (Å²) in [6, 6.07) is 5.97. The third-order valence-electron chi connectivity index (χ3n) is 3.40. The minimum absolute atomic E-state index is 0.684. The van der Waals surface area contributed by atoms with E-state index in [9.17, 15) is 4.79 Å². The molecule has 1 fully saturated rings. The zero-order valence-electron chi connectivity index (χ0n) is 11.0. The highest BCUT2D eigenvalue weighted by molar-refractivity contribution is 9.10. The fraction of sp³-hybridized carbons (Fsp3) is 0.400. The molecule has 0 saturated carbocycles. The first kappa shape index (κ1) is 14.1. The first-order chi connectivity index (χ1) is 9.06. The van der Waals surface area contributed by atoms with Gasteiger partial charge in [0.1, 0.15) is 0 Å². The Bertz CT molecular complexity index is 499. The van der Waals surface area contributed by atoms with Gasteiger partial charge < -0.3 is 10.0 Å². The predicted molar refractivity (Wildman–Crippen MR) is 81.4 cm³/mol. The Morgan fingerprint density at radius 3 is 3.00 bits per heavy atom. The molecule has 4 heteroatoms. The SMILES string of the molecule is CC1CCCN(c2cc(Br)ccc2/C=C/C(=O)O)C1. The summed E-state index contributed by atoms with van der Waals surface area (Å²) in [6.45, 7) is 4.33. The van der Waals surface area contributed by atoms with Crippen LogP contribution in [0, 0.1) is 5.92 Å². The lowest BCUT2D eigenvalue weighted by molar-refractivity contribution is -0.131. The van der Waals surface area contributed by atoms with E-state index in [0.717, 1.165) is 28.8 Å². The summed E-state index contributed by atoms with van der Waals surface area (Å²) in [5, 5.41) is 8.76. The maximum atomic E-state index is 10.7. The molecule has 0 aliphatic carbocycles. The molecule has 3 nitrogen and oxygen atoms in total. The van der Waals surface area contributed by atoms with Gasteiger partial charge in [-0.05, 0) is 42.5 Å². The summed E-state index contributed by atoms with van der Waals surface area (Å²) >= 11 is 3.49. The number of rotatable bonds is 3. The van der Waals surface area contributed by atoms with Crippen LogP contribution in [-0.2, 0) is 4.79 Å². The zero-order valence-corrected chi connectivity index (χ0v) is 12.6. The van der Waals surface area contributed by atoms with Gasteiger partial charge in [-0.1, -0.05) is 28.9 Å². The van der Waals surface area contributed by atoms with Crippen LogP contribution >= 0.6 is 15.9 Å². The molecule has 1 atom stereocenters. The molecular weight excluding hydrogens is 306 g/mol. The van der Waals surface area contributed by atoms with E-state index >= 15 is 0 Å². The van der Waals surface area contributed by atoms with E-state index in [1.165, 1.54) is 18.9 Å². The molecule has 0 spiro atoms. The van der Waals surface area contributed by atoms with Crippen molar-refractivity contribution in [2.24, 2.45) is 5.92 Å². The Morgan fingerprint density at radius 2 is 2.32 bits per heavy atom. The van der Waals surface area contributed by atoms with E-state index in [-0.39, 0.29) is 0 Å². The minimum atomic E-state index is -0.916. The van der Waals surface area contributed by atoms with Gasteiger partial charge in [-0.2, -0.15) is 0 Å². The fourth-order valence-electron chi connectivity index (χ4n) is 2.50. The topological polar surface area (TPSA) is 40.5 Å². The normalized spacial score (nSPS) is 19.9. The number of carboxylic acid groups (broad SMARTS) is 1. The van der Waals surface area contributed by atoms with Crippen molar-refractivity contribution in [2.45, 2.75) is 19.8 Å². The highest BCUT2D eigenvalue weighted by Gasteiger charge is 2.18. The first-order valence-electron chi connectivity index (χ1n) is 6.52. The number of piperidine rings is 1. The quantitative estimate of drug-likeness (QED) is 0.860. The van der Waals surface area contributed by atoms with Crippen LogP contribution in [0.3, 0.4) is 0 Å². The number of aliphatic carboxylic acids is 1. The molecule has 102 valence electrons. The lowest BCUT2D eigenvalue weighted by Crippen LogP contribution is -2.34. The van der Waals surface area contributed by atoms with Gasteiger partial charge in [0.2, 0.25) is 0 Å². The zero-order chi connectivity index (χ0) is 13.8. The summed E-state index contributed by atoms with van der Waals surface area (Å²) in [5.41, 5.74) is 2.07. The summed E-state index contributed by atoms with van der Waals surface area (Å²) in [5.74, 6) is -0.232. The second kappa shape index (κ2) is 6.24. The Morgan fingerprint density at radius 1 is 1.53 bits per heavy atom. The van der Waals surface area contributed by atoms with Gasteiger partial charge in [-0.25, -0.2) is 4.79 Å². The second-order valence-electron chi connectivity index (χ2n) is 5.07. The van der Waals surface area contributed by atoms with Crippen molar-refractivity contribution in [2.75, 3.05) is 18.0 Å². The van der Waals surface area contributed by atoms with Gasteiger partial charge >= 0.3 is 5.97 Å². The molecule has 1 aliphatic rings. The molecule has 1 saturated heterocycles. The van der Waals surface area contributed by atoms with E-state index in [1.54, 1.807) is 6.08 Å². The van der Waals surface area contributed by atoms with Crippen LogP contribution in [0.5, 0.6) is 0 Å². The van der Waals surface area contributed by atoms with Crippen molar-refractivity contribution in [1.29, 1.82) is 0 Å². The van der Waals surface area contributed by atoms with Crippen molar-refractivity contribution in [3.63, 3.8) is 0 Å². The largest absolute Gasteiger partial charge is 0.478 e. The van der Waals surface area contributed by atoms with E-state index in [2.05, 4.69) is 33.8 Å². The van der Waals surface area contributed by atoms with Gasteiger partial charge in [-0.15, -0.1) is 0 Å². The maximum absolute atomic E-state index is 10.7. The van der Waals surface area contributed by atoms with Crippen LogP contribution in [0.2, 0.25) is 0 Å². The van der Waals surface area contributed by atoms with E-state index < -0.39 is 5.97 Å². The van der Waals surface area contributed by atoms with Gasteiger partial charge in [0.05, 0.1) is 0 Å². The average molecular weight is 324 g/mol. The van der Waals surface area contributed by atoms with Crippen LogP contribution in [-0.4, -0.2) is 24.2 Å². The fourth-order valence-corrected chi connectivity index (χ4v) is 2.85. The smallest absolute Gasteiger partial charge is 0.328 e. The molecule has 2 rings (SSSR count). The molecule has 1 heterocycles. The van der Waals surface area contributed by atoms with E-state index in [4.69, 9.17) is 5.11 Å². The predicted octanol–water partition coefficient (Wildman–Crippen LogP) is 3.78. The summed E-state index contributed by atoms with van der Waals surface area (Å²) < 4.78 is 1.02. The molecule has 0 amide bonds. The van der Waals surface area contributed by atoms with E-state index in [1.807, 2.05) is 12.1 Å². The van der Waals surface area contributed by atoms with Crippen LogP contribution in [0.4, 0.5) is 5.69 Å². The summed E-state index contributed by atoms with van der Waals surface area (Å²) in [7, 11) is 0. The highest BCUT2D eigenvalue weighted by atomic mass is 79.9. The number of carboxylic acids is 1. The Labute approximate surface area is 122 Å². The molecule has 0 bridgehead atoms. The van der Waals surface area contributed by atoms with Crippen LogP contribution < -0.4 is 4.90 Å². The number of nitrogens with zero attached hydrogens (tertiary/aromatic N) is 1.